The molecule has 2 amide bonds. The van der Waals surface area contributed by atoms with Crippen LogP contribution < -0.4 is 9.80 Å². The van der Waals surface area contributed by atoms with Crippen molar-refractivity contribution in [3.63, 3.8) is 0 Å². The van der Waals surface area contributed by atoms with Crippen molar-refractivity contribution in [2.24, 2.45) is 0 Å². The van der Waals surface area contributed by atoms with Gasteiger partial charge in [-0.2, -0.15) is 0 Å². The van der Waals surface area contributed by atoms with Gasteiger partial charge in [-0.1, -0.05) is 18.2 Å². The fourth-order valence-corrected chi connectivity index (χ4v) is 3.53. The quantitative estimate of drug-likeness (QED) is 0.842. The molecule has 7 heteroatoms. The fraction of sp³-hybridized carbons (Fsp3) is 0.318. The van der Waals surface area contributed by atoms with Gasteiger partial charge in [0.05, 0.1) is 29.1 Å². The van der Waals surface area contributed by atoms with Crippen LogP contribution in [-0.2, 0) is 9.53 Å². The largest absolute Gasteiger partial charge is 0.478 e. The van der Waals surface area contributed by atoms with Crippen LogP contribution in [0.25, 0.3) is 11.1 Å². The van der Waals surface area contributed by atoms with E-state index < -0.39 is 12.1 Å². The Morgan fingerprint density at radius 3 is 2.21 bits per heavy atom. The molecule has 29 heavy (non-hydrogen) atoms. The Balaban J connectivity index is 2.07. The molecular weight excluding hydrogens is 372 g/mol. The lowest BCUT2D eigenvalue weighted by molar-refractivity contribution is -0.117. The summed E-state index contributed by atoms with van der Waals surface area (Å²) in [6.07, 6.45) is -0.728. The molecule has 2 aromatic rings. The maximum atomic E-state index is 12.7. The predicted octanol–water partition coefficient (Wildman–Crippen LogP) is 4.16. The van der Waals surface area contributed by atoms with Crippen LogP contribution >= 0.6 is 0 Å². The van der Waals surface area contributed by atoms with Crippen LogP contribution in [-0.4, -0.2) is 41.8 Å². The first kappa shape index (κ1) is 20.4. The number of ether oxygens (including phenoxy) is 1. The van der Waals surface area contributed by atoms with Crippen LogP contribution in [0.3, 0.4) is 0 Å². The van der Waals surface area contributed by atoms with Crippen LogP contribution in [0, 0.1) is 0 Å². The van der Waals surface area contributed by atoms with Crippen LogP contribution in [0.5, 0.6) is 0 Å². The van der Waals surface area contributed by atoms with E-state index in [2.05, 4.69) is 0 Å². The van der Waals surface area contributed by atoms with E-state index >= 15 is 0 Å². The number of carbonyl (C=O) groups is 3. The summed E-state index contributed by atoms with van der Waals surface area (Å²) in [5, 5.41) is 9.08. The fourth-order valence-electron chi connectivity index (χ4n) is 3.53. The average Bonchev–Trinajstić information content (AvgIpc) is 2.66. The molecular formula is C22H24N2O5. The summed E-state index contributed by atoms with van der Waals surface area (Å²) < 4.78 is 5.40. The van der Waals surface area contributed by atoms with Gasteiger partial charge in [-0.3, -0.25) is 9.69 Å². The zero-order chi connectivity index (χ0) is 21.3. The Kier molecular flexibility index (Phi) is 5.59. The van der Waals surface area contributed by atoms with E-state index in [0.717, 1.165) is 11.1 Å². The zero-order valence-electron chi connectivity index (χ0n) is 16.9. The van der Waals surface area contributed by atoms with Gasteiger partial charge in [0.15, 0.2) is 0 Å². The summed E-state index contributed by atoms with van der Waals surface area (Å²) in [5.74, 6) is -1.09. The van der Waals surface area contributed by atoms with Gasteiger partial charge in [0, 0.05) is 13.5 Å². The highest BCUT2D eigenvalue weighted by molar-refractivity contribution is 6.03. The third-order valence-electron chi connectivity index (χ3n) is 4.77. The molecule has 3 rings (SSSR count). The molecule has 1 unspecified atom stereocenters. The van der Waals surface area contributed by atoms with E-state index in [1.807, 2.05) is 25.1 Å². The Hall–Kier alpha value is -3.35. The molecule has 0 bridgehead atoms. The number of fused-ring (bicyclic) bond motifs is 1. The minimum atomic E-state index is -0.990. The minimum absolute atomic E-state index is 0.103. The van der Waals surface area contributed by atoms with Crippen LogP contribution in [0.2, 0.25) is 0 Å². The number of hydrogen-bond donors (Lipinski definition) is 1. The summed E-state index contributed by atoms with van der Waals surface area (Å²) in [4.78, 5) is 39.2. The van der Waals surface area contributed by atoms with Crippen LogP contribution in [0.4, 0.5) is 16.2 Å². The molecule has 0 radical (unpaired) electrons. The standard InChI is InChI=1S/C22H24N2O5/c1-13(2)29-22(28)23-12-14(3)24(15(4)25)19-10-9-18(11-20(19)23)16-5-7-17(8-6-16)21(26)27/h5-11,13-14H,12H2,1-4H3,(H,26,27). The predicted molar refractivity (Wildman–Crippen MR) is 110 cm³/mol. The van der Waals surface area contributed by atoms with Crippen molar-refractivity contribution < 1.29 is 24.2 Å². The van der Waals surface area contributed by atoms with Crippen molar-refractivity contribution in [1.29, 1.82) is 0 Å². The van der Waals surface area contributed by atoms with Gasteiger partial charge in [-0.15, -0.1) is 0 Å². The number of carboxylic acids is 1. The molecule has 1 heterocycles. The number of hydrogen-bond acceptors (Lipinski definition) is 4. The number of aromatic carboxylic acids is 1. The van der Waals surface area contributed by atoms with Gasteiger partial charge in [-0.05, 0) is 56.2 Å². The maximum Gasteiger partial charge on any atom is 0.414 e. The van der Waals surface area contributed by atoms with Crippen LogP contribution in [0.1, 0.15) is 38.1 Å². The number of anilines is 2. The van der Waals surface area contributed by atoms with E-state index in [4.69, 9.17) is 9.84 Å². The molecule has 2 aromatic carbocycles. The van der Waals surface area contributed by atoms with E-state index in [1.165, 1.54) is 19.1 Å². The molecule has 1 atom stereocenters. The average molecular weight is 396 g/mol. The molecule has 0 saturated carbocycles. The van der Waals surface area contributed by atoms with Crippen molar-refractivity contribution in [1.82, 2.24) is 0 Å². The van der Waals surface area contributed by atoms with Gasteiger partial charge in [0.2, 0.25) is 5.91 Å². The van der Waals surface area contributed by atoms with E-state index in [9.17, 15) is 14.4 Å². The van der Waals surface area contributed by atoms with E-state index in [1.54, 1.807) is 35.8 Å². The van der Waals surface area contributed by atoms with E-state index in [-0.39, 0.29) is 23.6 Å². The zero-order valence-corrected chi connectivity index (χ0v) is 16.9. The molecule has 0 fully saturated rings. The summed E-state index contributed by atoms with van der Waals surface area (Å²) in [7, 11) is 0. The lowest BCUT2D eigenvalue weighted by Crippen LogP contribution is -2.51. The molecule has 0 aliphatic carbocycles. The smallest absolute Gasteiger partial charge is 0.414 e. The Labute approximate surface area is 169 Å². The Morgan fingerprint density at radius 1 is 1.03 bits per heavy atom. The summed E-state index contributed by atoms with van der Waals surface area (Å²) in [6.45, 7) is 7.28. The Bertz CT molecular complexity index is 952. The van der Waals surface area contributed by atoms with Gasteiger partial charge >= 0.3 is 12.1 Å². The molecule has 0 spiro atoms. The third-order valence-corrected chi connectivity index (χ3v) is 4.77. The molecule has 1 N–H and O–H groups in total. The van der Waals surface area contributed by atoms with Crippen molar-refractivity contribution in [3.05, 3.63) is 48.0 Å². The number of nitrogens with zero attached hydrogens (tertiary/aromatic N) is 2. The normalized spacial score (nSPS) is 15.8. The van der Waals surface area contributed by atoms with Crippen molar-refractivity contribution >= 4 is 29.3 Å². The molecule has 0 aromatic heterocycles. The highest BCUT2D eigenvalue weighted by Crippen LogP contribution is 2.39. The molecule has 1 aliphatic rings. The first-order valence-electron chi connectivity index (χ1n) is 9.44. The van der Waals surface area contributed by atoms with Crippen molar-refractivity contribution in [3.8, 4) is 11.1 Å². The molecule has 152 valence electrons. The number of amides is 2. The second-order valence-corrected chi connectivity index (χ2v) is 7.37. The number of rotatable bonds is 3. The second-order valence-electron chi connectivity index (χ2n) is 7.37. The van der Waals surface area contributed by atoms with Gasteiger partial charge in [-0.25, -0.2) is 9.59 Å². The first-order valence-corrected chi connectivity index (χ1v) is 9.44. The second kappa shape index (κ2) is 7.95. The highest BCUT2D eigenvalue weighted by atomic mass is 16.6. The first-order chi connectivity index (χ1) is 13.7. The number of carboxylic acid groups (broad SMARTS) is 1. The number of benzene rings is 2. The summed E-state index contributed by atoms with van der Waals surface area (Å²) in [6, 6.07) is 11.8. The monoisotopic (exact) mass is 396 g/mol. The Morgan fingerprint density at radius 2 is 1.66 bits per heavy atom. The lowest BCUT2D eigenvalue weighted by Gasteiger charge is -2.40. The van der Waals surface area contributed by atoms with E-state index in [0.29, 0.717) is 17.9 Å². The highest BCUT2D eigenvalue weighted by Gasteiger charge is 2.34. The third kappa shape index (κ3) is 4.08. The SMILES string of the molecule is CC(=O)N1c2ccc(-c3ccc(C(=O)O)cc3)cc2N(C(=O)OC(C)C)CC1C. The van der Waals surface area contributed by atoms with Crippen molar-refractivity contribution in [2.45, 2.75) is 39.8 Å². The summed E-state index contributed by atoms with van der Waals surface area (Å²) >= 11 is 0. The lowest BCUT2D eigenvalue weighted by atomic mass is 10.00. The molecule has 0 saturated heterocycles. The van der Waals surface area contributed by atoms with Gasteiger partial charge < -0.3 is 14.7 Å². The van der Waals surface area contributed by atoms with Crippen molar-refractivity contribution in [2.75, 3.05) is 16.3 Å². The number of carbonyl (C=O) groups excluding carboxylic acids is 2. The summed E-state index contributed by atoms with van der Waals surface area (Å²) in [5.41, 5.74) is 3.04. The maximum absolute atomic E-state index is 12.7. The molecule has 7 nitrogen and oxygen atoms in total. The molecule has 1 aliphatic heterocycles. The topological polar surface area (TPSA) is 87.2 Å². The minimum Gasteiger partial charge on any atom is -0.478 e. The van der Waals surface area contributed by atoms with Crippen LogP contribution in [0.15, 0.2) is 42.5 Å². The van der Waals surface area contributed by atoms with Gasteiger partial charge in [0.1, 0.15) is 0 Å². The van der Waals surface area contributed by atoms with Gasteiger partial charge in [0.25, 0.3) is 0 Å².